The van der Waals surface area contributed by atoms with Crippen molar-refractivity contribution in [3.05, 3.63) is 0 Å². The van der Waals surface area contributed by atoms with Crippen molar-refractivity contribution >= 4 is 15.4 Å². The predicted molar refractivity (Wildman–Crippen MR) is 57.6 cm³/mol. The van der Waals surface area contributed by atoms with Crippen LogP contribution in [0.5, 0.6) is 0 Å². The van der Waals surface area contributed by atoms with Gasteiger partial charge in [-0.3, -0.25) is 0 Å². The summed E-state index contributed by atoms with van der Waals surface area (Å²) in [6.45, 7) is 0. The van der Waals surface area contributed by atoms with E-state index in [0.717, 1.165) is 9.34 Å². The van der Waals surface area contributed by atoms with Gasteiger partial charge in [0, 0.05) is 0 Å². The van der Waals surface area contributed by atoms with Gasteiger partial charge < -0.3 is 0 Å². The molecule has 0 aromatic rings. The molecule has 0 rings (SSSR count). The van der Waals surface area contributed by atoms with Gasteiger partial charge in [0.05, 0.1) is 0 Å². The molecule has 0 N–H and O–H groups in total. The summed E-state index contributed by atoms with van der Waals surface area (Å²) in [6.07, 6.45) is -3.55. The number of nitrogens with zero attached hydrogens (tertiary/aromatic N) is 2. The summed E-state index contributed by atoms with van der Waals surface area (Å²) in [5.74, 6) is 0. The average molecular weight is 292 g/mol. The average Bonchev–Trinajstić information content (AvgIpc) is 1.95. The number of rotatable bonds is 5. The summed E-state index contributed by atoms with van der Waals surface area (Å²) in [4.78, 5) is 0. The van der Waals surface area contributed by atoms with Gasteiger partial charge >= 0.3 is 90.4 Å². The molecule has 16 heavy (non-hydrogen) atoms. The molecule has 0 aliphatic carbocycles. The topological polar surface area (TPSA) is 6.48 Å². The van der Waals surface area contributed by atoms with Crippen LogP contribution in [0.25, 0.3) is 0 Å². The van der Waals surface area contributed by atoms with Gasteiger partial charge in [0.15, 0.2) is 0 Å². The first-order chi connectivity index (χ1) is 6.57. The van der Waals surface area contributed by atoms with E-state index in [1.54, 1.807) is 0 Å². The molecule has 0 atom stereocenters. The van der Waals surface area contributed by atoms with Crippen LogP contribution in [0.4, 0.5) is 25.2 Å². The van der Waals surface area contributed by atoms with E-state index in [4.69, 9.17) is 0 Å². The summed E-state index contributed by atoms with van der Waals surface area (Å²) in [5, 5.41) is 0. The minimum atomic E-state index is -9.73. The summed E-state index contributed by atoms with van der Waals surface area (Å²) >= 11 is 0. The van der Waals surface area contributed by atoms with Crippen LogP contribution in [0.3, 0.4) is 0 Å². The quantitative estimate of drug-likeness (QED) is 0.549. The number of hydrogen-bond donors (Lipinski definition) is 0. The predicted octanol–water partition coefficient (Wildman–Crippen LogP) is 4.35. The van der Waals surface area contributed by atoms with Gasteiger partial charge in [-0.25, -0.2) is 0 Å². The molecule has 0 aliphatic rings. The Kier molecular flexibility index (Phi) is 3.76. The Morgan fingerprint density at radius 2 is 1.19 bits per heavy atom. The summed E-state index contributed by atoms with van der Waals surface area (Å²) < 4.78 is 76.5. The molecule has 0 fully saturated rings. The fourth-order valence-corrected chi connectivity index (χ4v) is 5.12. The molecule has 0 saturated heterocycles. The molecule has 10 heteroatoms. The summed E-state index contributed by atoms with van der Waals surface area (Å²) in [6, 6.07) is 0. The van der Waals surface area contributed by atoms with Crippen molar-refractivity contribution in [2.75, 3.05) is 40.5 Å². The zero-order valence-electron chi connectivity index (χ0n) is 9.47. The summed E-state index contributed by atoms with van der Waals surface area (Å²) in [5.41, 5.74) is 0. The van der Waals surface area contributed by atoms with Gasteiger partial charge in [-0.15, -0.1) is 0 Å². The molecule has 0 aromatic heterocycles. The molecule has 0 amide bonds. The van der Waals surface area contributed by atoms with E-state index in [1.807, 2.05) is 0 Å². The monoisotopic (exact) mass is 292 g/mol. The zero-order valence-corrected chi connectivity index (χ0v) is 11.3. The Labute approximate surface area is 91.3 Å². The Morgan fingerprint density at radius 3 is 1.38 bits per heavy atom. The molecule has 0 radical (unpaired) electrons. The first-order valence-corrected chi connectivity index (χ1v) is 8.43. The van der Waals surface area contributed by atoms with E-state index in [0.29, 0.717) is 0 Å². The van der Waals surface area contributed by atoms with Crippen molar-refractivity contribution in [2.45, 2.75) is 0 Å². The molecule has 0 aliphatic heterocycles. The van der Waals surface area contributed by atoms with Crippen LogP contribution < -0.4 is 0 Å². The van der Waals surface area contributed by atoms with Gasteiger partial charge in [0.2, 0.25) is 0 Å². The van der Waals surface area contributed by atoms with Crippen LogP contribution in [-0.2, 0) is 0 Å². The number of halogens is 6. The van der Waals surface area contributed by atoms with E-state index in [-0.39, 0.29) is 0 Å². The van der Waals surface area contributed by atoms with E-state index < -0.39 is 27.7 Å². The van der Waals surface area contributed by atoms with Gasteiger partial charge in [0.25, 0.3) is 0 Å². The Hall–Kier alpha value is 0.360. The Balaban J connectivity index is 4.87. The Bertz CT molecular complexity index is 252. The van der Waals surface area contributed by atoms with Crippen LogP contribution in [0, 0.1) is 0 Å². The summed E-state index contributed by atoms with van der Waals surface area (Å²) in [7, 11) is -8.58. The van der Waals surface area contributed by atoms with Crippen LogP contribution in [0.15, 0.2) is 0 Å². The molecule has 102 valence electrons. The maximum absolute atomic E-state index is 14.1. The van der Waals surface area contributed by atoms with Crippen molar-refractivity contribution in [2.24, 2.45) is 0 Å². The molecule has 0 saturated carbocycles. The molecular formula is C6H16F6N2P2. The Morgan fingerprint density at radius 1 is 0.875 bits per heavy atom. The normalized spacial score (nSPS) is 18.8. The van der Waals surface area contributed by atoms with E-state index in [2.05, 4.69) is 0 Å². The van der Waals surface area contributed by atoms with E-state index in [1.165, 1.54) is 28.2 Å². The minimum absolute atomic E-state index is 0.944. The second-order valence-corrected chi connectivity index (χ2v) is 10.3. The van der Waals surface area contributed by atoms with Gasteiger partial charge in [0.1, 0.15) is 0 Å². The third-order valence-corrected chi connectivity index (χ3v) is 6.70. The first-order valence-electron chi connectivity index (χ1n) is 4.34. The van der Waals surface area contributed by atoms with Gasteiger partial charge in [-0.2, -0.15) is 0 Å². The fourth-order valence-electron chi connectivity index (χ4n) is 1.07. The first kappa shape index (κ1) is 16.4. The zero-order chi connectivity index (χ0) is 13.5. The second-order valence-electron chi connectivity index (χ2n) is 4.02. The number of hydrogen-bond acceptors (Lipinski definition) is 2. The van der Waals surface area contributed by atoms with Crippen molar-refractivity contribution in [3.63, 3.8) is 0 Å². The maximum atomic E-state index is 14.1. The van der Waals surface area contributed by atoms with E-state index in [9.17, 15) is 25.2 Å². The molecule has 0 unspecified atom stereocenters. The van der Waals surface area contributed by atoms with Gasteiger partial charge in [-0.1, -0.05) is 0 Å². The molecule has 2 nitrogen and oxygen atoms in total. The van der Waals surface area contributed by atoms with Crippen molar-refractivity contribution in [3.8, 4) is 0 Å². The fraction of sp³-hybridized carbons (Fsp3) is 1.00. The van der Waals surface area contributed by atoms with Gasteiger partial charge in [-0.05, 0) is 0 Å². The van der Waals surface area contributed by atoms with Crippen LogP contribution in [0.1, 0.15) is 0 Å². The third-order valence-electron chi connectivity index (χ3n) is 2.03. The van der Waals surface area contributed by atoms with Crippen LogP contribution in [-0.4, -0.2) is 49.9 Å². The molecular weight excluding hydrogens is 276 g/mol. The van der Waals surface area contributed by atoms with Crippen molar-refractivity contribution in [1.82, 2.24) is 9.34 Å². The second kappa shape index (κ2) is 3.67. The molecule has 0 heterocycles. The molecule has 0 bridgehead atoms. The van der Waals surface area contributed by atoms with Crippen molar-refractivity contribution in [1.29, 1.82) is 0 Å². The van der Waals surface area contributed by atoms with E-state index >= 15 is 0 Å². The molecule has 0 aromatic carbocycles. The SMILES string of the molecule is CN(C)[P+](F)(CC[P-](F)(F)(F)(F)F)N(C)C. The standard InChI is InChI=1S/C6H16F6N2P2/c1-13(2)15(7,14(3)4)5-6-16(8,9,10,11)12/h5-6H2,1-4H3. The van der Waals surface area contributed by atoms with Crippen LogP contribution >= 0.6 is 15.4 Å². The third kappa shape index (κ3) is 5.62. The van der Waals surface area contributed by atoms with Crippen LogP contribution in [0.2, 0.25) is 0 Å². The molecule has 0 spiro atoms. The van der Waals surface area contributed by atoms with Crippen molar-refractivity contribution < 1.29 is 25.2 Å².